The molecule has 2 N–H and O–H groups in total. The van der Waals surface area contributed by atoms with Crippen molar-refractivity contribution in [3.8, 4) is 0 Å². The Bertz CT molecular complexity index is 1120. The smallest absolute Gasteiger partial charge is 0.265 e. The van der Waals surface area contributed by atoms with E-state index in [1.54, 1.807) is 41.7 Å². The van der Waals surface area contributed by atoms with Crippen molar-refractivity contribution in [2.75, 3.05) is 5.32 Å². The molecule has 28 heavy (non-hydrogen) atoms. The lowest BCUT2D eigenvalue weighted by molar-refractivity contribution is 0.0949. The third kappa shape index (κ3) is 4.06. The quantitative estimate of drug-likeness (QED) is 0.460. The van der Waals surface area contributed by atoms with E-state index >= 15 is 0 Å². The van der Waals surface area contributed by atoms with Gasteiger partial charge in [-0.15, -0.1) is 22.7 Å². The van der Waals surface area contributed by atoms with Crippen molar-refractivity contribution < 1.29 is 9.59 Å². The Labute approximate surface area is 174 Å². The van der Waals surface area contributed by atoms with E-state index in [1.165, 1.54) is 11.3 Å². The lowest BCUT2D eigenvalue weighted by Crippen LogP contribution is -2.23. The predicted molar refractivity (Wildman–Crippen MR) is 115 cm³/mol. The third-order valence-electron chi connectivity index (χ3n) is 3.96. The van der Waals surface area contributed by atoms with Crippen LogP contribution in [0.2, 0.25) is 5.02 Å². The first-order chi connectivity index (χ1) is 13.6. The molecule has 0 saturated heterocycles. The first kappa shape index (κ1) is 18.6. The molecule has 2 heterocycles. The summed E-state index contributed by atoms with van der Waals surface area (Å²) in [5.41, 5.74) is 1.72. The molecule has 5 nitrogen and oxygen atoms in total. The molecule has 0 aliphatic heterocycles. The van der Waals surface area contributed by atoms with Gasteiger partial charge in [-0.25, -0.2) is 4.98 Å². The van der Waals surface area contributed by atoms with Crippen molar-refractivity contribution in [1.82, 2.24) is 10.3 Å². The van der Waals surface area contributed by atoms with Crippen molar-refractivity contribution in [3.05, 3.63) is 80.4 Å². The van der Waals surface area contributed by atoms with Crippen LogP contribution in [0.4, 0.5) is 5.69 Å². The monoisotopic (exact) mass is 427 g/mol. The zero-order valence-electron chi connectivity index (χ0n) is 14.4. The maximum atomic E-state index is 12.5. The predicted octanol–water partition coefficient (Wildman–Crippen LogP) is 5.19. The number of hydrogen-bond acceptors (Lipinski definition) is 5. The molecule has 8 heteroatoms. The Hall–Kier alpha value is -2.74. The molecule has 0 aliphatic carbocycles. The fourth-order valence-electron chi connectivity index (χ4n) is 2.61. The van der Waals surface area contributed by atoms with Crippen molar-refractivity contribution in [1.29, 1.82) is 0 Å². The molecule has 4 rings (SSSR count). The molecule has 0 unspecified atom stereocenters. The number of carbonyl (C=O) groups excluding carboxylic acids is 2. The van der Waals surface area contributed by atoms with Crippen molar-refractivity contribution in [2.24, 2.45) is 0 Å². The Morgan fingerprint density at radius 2 is 1.89 bits per heavy atom. The zero-order valence-corrected chi connectivity index (χ0v) is 16.8. The Kier molecular flexibility index (Phi) is 5.38. The van der Waals surface area contributed by atoms with Crippen LogP contribution in [0, 0.1) is 0 Å². The van der Waals surface area contributed by atoms with Gasteiger partial charge in [-0.1, -0.05) is 29.8 Å². The maximum absolute atomic E-state index is 12.5. The largest absolute Gasteiger partial charge is 0.346 e. The number of carbonyl (C=O) groups is 2. The summed E-state index contributed by atoms with van der Waals surface area (Å²) >= 11 is 9.05. The minimum absolute atomic E-state index is 0.260. The molecule has 0 aliphatic rings. The van der Waals surface area contributed by atoms with Crippen molar-refractivity contribution in [2.45, 2.75) is 6.54 Å². The number of rotatable bonds is 5. The van der Waals surface area contributed by atoms with Crippen LogP contribution in [-0.2, 0) is 6.54 Å². The minimum atomic E-state index is -0.262. The van der Waals surface area contributed by atoms with Gasteiger partial charge in [0.05, 0.1) is 32.3 Å². The van der Waals surface area contributed by atoms with Crippen LogP contribution < -0.4 is 10.6 Å². The SMILES string of the molecule is O=C(NCc1nc2ccccc2s1)c1ccc(Cl)c(NC(=O)c2cccs2)c1. The molecule has 0 atom stereocenters. The van der Waals surface area contributed by atoms with E-state index in [-0.39, 0.29) is 11.8 Å². The highest BCUT2D eigenvalue weighted by Crippen LogP contribution is 2.25. The normalized spacial score (nSPS) is 10.8. The summed E-state index contributed by atoms with van der Waals surface area (Å²) < 4.78 is 1.08. The highest BCUT2D eigenvalue weighted by atomic mass is 35.5. The zero-order chi connectivity index (χ0) is 19.5. The molecular weight excluding hydrogens is 414 g/mol. The fraction of sp³-hybridized carbons (Fsp3) is 0.0500. The number of thiophene rings is 1. The van der Waals surface area contributed by atoms with E-state index in [9.17, 15) is 9.59 Å². The second kappa shape index (κ2) is 8.10. The standard InChI is InChI=1S/C20H14ClN3O2S2/c21-13-8-7-12(10-15(13)24-20(26)17-6-3-9-27-17)19(25)22-11-18-23-14-4-1-2-5-16(14)28-18/h1-10H,11H2,(H,22,25)(H,24,26). The highest BCUT2D eigenvalue weighted by molar-refractivity contribution is 7.18. The molecule has 2 aromatic heterocycles. The topological polar surface area (TPSA) is 71.1 Å². The molecule has 140 valence electrons. The molecule has 2 amide bonds. The average molecular weight is 428 g/mol. The van der Waals surface area contributed by atoms with Gasteiger partial charge in [0.15, 0.2) is 0 Å². The number of thiazole rings is 1. The van der Waals surface area contributed by atoms with Crippen molar-refractivity contribution >= 4 is 62.0 Å². The Morgan fingerprint density at radius 3 is 2.68 bits per heavy atom. The number of para-hydroxylation sites is 1. The van der Waals surface area contributed by atoms with E-state index in [0.29, 0.717) is 27.7 Å². The van der Waals surface area contributed by atoms with Crippen LogP contribution in [0.1, 0.15) is 25.0 Å². The van der Waals surface area contributed by atoms with Crippen LogP contribution in [0.25, 0.3) is 10.2 Å². The molecule has 0 fully saturated rings. The number of anilines is 1. The van der Waals surface area contributed by atoms with Gasteiger partial charge in [-0.2, -0.15) is 0 Å². The number of amides is 2. The van der Waals surface area contributed by atoms with E-state index in [1.807, 2.05) is 29.6 Å². The second-order valence-electron chi connectivity index (χ2n) is 5.88. The number of fused-ring (bicyclic) bond motifs is 1. The fourth-order valence-corrected chi connectivity index (χ4v) is 4.30. The molecular formula is C20H14ClN3O2S2. The van der Waals surface area contributed by atoms with E-state index < -0.39 is 0 Å². The minimum Gasteiger partial charge on any atom is -0.346 e. The number of aromatic nitrogens is 1. The second-order valence-corrected chi connectivity index (χ2v) is 8.35. The van der Waals surface area contributed by atoms with Gasteiger partial charge in [0.1, 0.15) is 5.01 Å². The Morgan fingerprint density at radius 1 is 1.04 bits per heavy atom. The van der Waals surface area contributed by atoms with E-state index in [4.69, 9.17) is 11.6 Å². The molecule has 2 aromatic carbocycles. The van der Waals surface area contributed by atoms with Crippen LogP contribution >= 0.6 is 34.3 Å². The third-order valence-corrected chi connectivity index (χ3v) is 6.19. The summed E-state index contributed by atoms with van der Waals surface area (Å²) in [6.07, 6.45) is 0. The van der Waals surface area contributed by atoms with Gasteiger partial charge in [0.2, 0.25) is 0 Å². The summed E-state index contributed by atoms with van der Waals surface area (Å²) in [5.74, 6) is -0.522. The number of halogens is 1. The number of hydrogen-bond donors (Lipinski definition) is 2. The summed E-state index contributed by atoms with van der Waals surface area (Å²) in [4.78, 5) is 29.8. The van der Waals surface area contributed by atoms with E-state index in [2.05, 4.69) is 15.6 Å². The van der Waals surface area contributed by atoms with Gasteiger partial charge in [-0.3, -0.25) is 9.59 Å². The summed E-state index contributed by atoms with van der Waals surface area (Å²) in [7, 11) is 0. The van der Waals surface area contributed by atoms with Gasteiger partial charge in [0.25, 0.3) is 11.8 Å². The summed E-state index contributed by atoms with van der Waals surface area (Å²) in [6.45, 7) is 0.331. The first-order valence-corrected chi connectivity index (χ1v) is 10.4. The average Bonchev–Trinajstić information content (AvgIpc) is 3.37. The highest BCUT2D eigenvalue weighted by Gasteiger charge is 2.13. The van der Waals surface area contributed by atoms with E-state index in [0.717, 1.165) is 15.2 Å². The van der Waals surface area contributed by atoms with Crippen LogP contribution in [0.5, 0.6) is 0 Å². The molecule has 0 spiro atoms. The summed E-state index contributed by atoms with van der Waals surface area (Å²) in [5, 5.41) is 8.63. The van der Waals surface area contributed by atoms with Crippen LogP contribution in [0.15, 0.2) is 60.0 Å². The lowest BCUT2D eigenvalue weighted by atomic mass is 10.2. The number of nitrogens with zero attached hydrogens (tertiary/aromatic N) is 1. The molecule has 0 bridgehead atoms. The lowest BCUT2D eigenvalue weighted by Gasteiger charge is -2.09. The molecule has 0 radical (unpaired) electrons. The van der Waals surface area contributed by atoms with Gasteiger partial charge >= 0.3 is 0 Å². The van der Waals surface area contributed by atoms with Crippen LogP contribution in [-0.4, -0.2) is 16.8 Å². The maximum Gasteiger partial charge on any atom is 0.265 e. The van der Waals surface area contributed by atoms with Crippen molar-refractivity contribution in [3.63, 3.8) is 0 Å². The van der Waals surface area contributed by atoms with Gasteiger partial charge < -0.3 is 10.6 Å². The molecule has 4 aromatic rings. The molecule has 0 saturated carbocycles. The van der Waals surface area contributed by atoms with Gasteiger partial charge in [-0.05, 0) is 41.8 Å². The number of nitrogens with one attached hydrogen (secondary N) is 2. The number of benzene rings is 2. The summed E-state index contributed by atoms with van der Waals surface area (Å²) in [6, 6.07) is 16.2. The first-order valence-electron chi connectivity index (χ1n) is 8.37. The van der Waals surface area contributed by atoms with Gasteiger partial charge in [0, 0.05) is 5.56 Å². The Balaban J connectivity index is 1.45. The van der Waals surface area contributed by atoms with Crippen LogP contribution in [0.3, 0.4) is 0 Å².